The maximum Gasteiger partial charge on any atom is 0.135 e. The van der Waals surface area contributed by atoms with E-state index >= 15 is 0 Å². The van der Waals surface area contributed by atoms with Crippen LogP contribution in [0.1, 0.15) is 18.9 Å². The molecule has 1 atom stereocenters. The summed E-state index contributed by atoms with van der Waals surface area (Å²) in [5.41, 5.74) is 3.44. The predicted octanol–water partition coefficient (Wildman–Crippen LogP) is 3.95. The number of nitrogens with zero attached hydrogens (tertiary/aromatic N) is 1. The molecule has 0 bridgehead atoms. The van der Waals surface area contributed by atoms with Gasteiger partial charge in [0.05, 0.1) is 23.2 Å². The van der Waals surface area contributed by atoms with Gasteiger partial charge in [0, 0.05) is 5.56 Å². The molecule has 5 heteroatoms. The lowest BCUT2D eigenvalue weighted by Gasteiger charge is -2.10. The number of aromatic nitrogens is 2. The van der Waals surface area contributed by atoms with Crippen LogP contribution in [0.25, 0.3) is 22.2 Å². The highest BCUT2D eigenvalue weighted by molar-refractivity contribution is 6.33. The summed E-state index contributed by atoms with van der Waals surface area (Å²) in [6.07, 6.45) is -0.629. The van der Waals surface area contributed by atoms with Gasteiger partial charge in [0.1, 0.15) is 17.7 Å². The Bertz CT molecular complexity index is 796. The molecule has 1 heterocycles. The lowest BCUT2D eigenvalue weighted by molar-refractivity contribution is 0.190. The molecule has 0 saturated carbocycles. The highest BCUT2D eigenvalue weighted by Gasteiger charge is 2.13. The molecule has 3 rings (SSSR count). The van der Waals surface area contributed by atoms with Crippen molar-refractivity contribution in [1.82, 2.24) is 9.97 Å². The fourth-order valence-electron chi connectivity index (χ4n) is 2.34. The second-order valence-electron chi connectivity index (χ2n) is 4.85. The number of halogens is 1. The zero-order chi connectivity index (χ0) is 15.0. The number of rotatable bonds is 3. The van der Waals surface area contributed by atoms with E-state index in [2.05, 4.69) is 9.97 Å². The molecule has 0 aliphatic carbocycles. The molecule has 3 aromatic rings. The molecule has 0 saturated heterocycles. The van der Waals surface area contributed by atoms with Gasteiger partial charge < -0.3 is 14.8 Å². The molecular weight excluding hydrogens is 288 g/mol. The SMILES string of the molecule is COc1cccc(Cl)c1-c1ccc2nc([C@H](C)O)[nH]c2c1. The number of imidazole rings is 1. The number of H-pyrrole nitrogens is 1. The highest BCUT2D eigenvalue weighted by atomic mass is 35.5. The third-order valence-electron chi connectivity index (χ3n) is 3.38. The lowest BCUT2D eigenvalue weighted by Crippen LogP contribution is -1.92. The van der Waals surface area contributed by atoms with Crippen LogP contribution in [0.4, 0.5) is 0 Å². The van der Waals surface area contributed by atoms with Crippen molar-refractivity contribution in [2.24, 2.45) is 0 Å². The zero-order valence-corrected chi connectivity index (χ0v) is 12.5. The summed E-state index contributed by atoms with van der Waals surface area (Å²) in [5, 5.41) is 10.2. The van der Waals surface area contributed by atoms with Crippen molar-refractivity contribution >= 4 is 22.6 Å². The summed E-state index contributed by atoms with van der Waals surface area (Å²) in [7, 11) is 1.62. The van der Waals surface area contributed by atoms with E-state index in [0.29, 0.717) is 10.8 Å². The summed E-state index contributed by atoms with van der Waals surface area (Å²) >= 11 is 6.30. The minimum atomic E-state index is -0.629. The summed E-state index contributed by atoms with van der Waals surface area (Å²) in [6, 6.07) is 11.4. The smallest absolute Gasteiger partial charge is 0.135 e. The largest absolute Gasteiger partial charge is 0.496 e. The normalized spacial score (nSPS) is 12.6. The number of aromatic amines is 1. The Balaban J connectivity index is 2.17. The van der Waals surface area contributed by atoms with Gasteiger partial charge in [-0.15, -0.1) is 0 Å². The number of nitrogens with one attached hydrogen (secondary N) is 1. The molecule has 0 amide bonds. The Morgan fingerprint density at radius 2 is 2.10 bits per heavy atom. The van der Waals surface area contributed by atoms with Crippen molar-refractivity contribution in [3.05, 3.63) is 47.2 Å². The van der Waals surface area contributed by atoms with Crippen LogP contribution < -0.4 is 4.74 Å². The maximum absolute atomic E-state index is 9.60. The second kappa shape index (κ2) is 5.39. The molecule has 2 N–H and O–H groups in total. The van der Waals surface area contributed by atoms with Gasteiger partial charge in [-0.2, -0.15) is 0 Å². The van der Waals surface area contributed by atoms with Crippen LogP contribution in [0.3, 0.4) is 0 Å². The zero-order valence-electron chi connectivity index (χ0n) is 11.7. The summed E-state index contributed by atoms with van der Waals surface area (Å²) in [6.45, 7) is 1.68. The number of hydrogen-bond acceptors (Lipinski definition) is 3. The highest BCUT2D eigenvalue weighted by Crippen LogP contribution is 2.37. The van der Waals surface area contributed by atoms with Crippen molar-refractivity contribution < 1.29 is 9.84 Å². The maximum atomic E-state index is 9.60. The van der Waals surface area contributed by atoms with E-state index < -0.39 is 6.10 Å². The average molecular weight is 303 g/mol. The number of aliphatic hydroxyl groups is 1. The van der Waals surface area contributed by atoms with Crippen LogP contribution in [0.2, 0.25) is 5.02 Å². The number of fused-ring (bicyclic) bond motifs is 1. The van der Waals surface area contributed by atoms with E-state index in [4.69, 9.17) is 16.3 Å². The molecule has 0 fully saturated rings. The fraction of sp³-hybridized carbons (Fsp3) is 0.188. The quantitative estimate of drug-likeness (QED) is 0.770. The van der Waals surface area contributed by atoms with E-state index in [1.165, 1.54) is 0 Å². The summed E-state index contributed by atoms with van der Waals surface area (Å²) in [5.74, 6) is 1.27. The molecule has 108 valence electrons. The number of aliphatic hydroxyl groups excluding tert-OH is 1. The van der Waals surface area contributed by atoms with Gasteiger partial charge in [0.25, 0.3) is 0 Å². The van der Waals surface area contributed by atoms with E-state index in [1.54, 1.807) is 14.0 Å². The minimum Gasteiger partial charge on any atom is -0.496 e. The fourth-order valence-corrected chi connectivity index (χ4v) is 2.61. The number of benzene rings is 2. The van der Waals surface area contributed by atoms with Gasteiger partial charge in [0.15, 0.2) is 0 Å². The Morgan fingerprint density at radius 3 is 2.81 bits per heavy atom. The van der Waals surface area contributed by atoms with E-state index in [0.717, 1.165) is 27.9 Å². The third kappa shape index (κ3) is 2.48. The van der Waals surface area contributed by atoms with Crippen molar-refractivity contribution in [3.8, 4) is 16.9 Å². The van der Waals surface area contributed by atoms with Crippen LogP contribution in [-0.2, 0) is 0 Å². The predicted molar refractivity (Wildman–Crippen MR) is 83.7 cm³/mol. The van der Waals surface area contributed by atoms with E-state index in [1.807, 2.05) is 36.4 Å². The van der Waals surface area contributed by atoms with Gasteiger partial charge in [-0.1, -0.05) is 23.7 Å². The van der Waals surface area contributed by atoms with Crippen molar-refractivity contribution in [3.63, 3.8) is 0 Å². The first kappa shape index (κ1) is 13.9. The van der Waals surface area contributed by atoms with Gasteiger partial charge in [0.2, 0.25) is 0 Å². The van der Waals surface area contributed by atoms with Gasteiger partial charge >= 0.3 is 0 Å². The Hall–Kier alpha value is -2.04. The van der Waals surface area contributed by atoms with E-state index in [9.17, 15) is 5.11 Å². The van der Waals surface area contributed by atoms with Crippen LogP contribution in [-0.4, -0.2) is 22.2 Å². The van der Waals surface area contributed by atoms with Crippen molar-refractivity contribution in [1.29, 1.82) is 0 Å². The Kier molecular flexibility index (Phi) is 3.57. The van der Waals surface area contributed by atoms with Crippen LogP contribution >= 0.6 is 11.6 Å². The van der Waals surface area contributed by atoms with Crippen LogP contribution in [0.15, 0.2) is 36.4 Å². The second-order valence-corrected chi connectivity index (χ2v) is 5.25. The molecular formula is C16H15ClN2O2. The molecule has 0 radical (unpaired) electrons. The Morgan fingerprint density at radius 1 is 1.29 bits per heavy atom. The molecule has 0 aliphatic heterocycles. The minimum absolute atomic E-state index is 0.549. The molecule has 0 aliphatic rings. The van der Waals surface area contributed by atoms with Crippen LogP contribution in [0.5, 0.6) is 5.75 Å². The van der Waals surface area contributed by atoms with Gasteiger partial charge in [-0.25, -0.2) is 4.98 Å². The van der Waals surface area contributed by atoms with E-state index in [-0.39, 0.29) is 0 Å². The van der Waals surface area contributed by atoms with Gasteiger partial charge in [-0.05, 0) is 36.8 Å². The molecule has 2 aromatic carbocycles. The Labute approximate surface area is 127 Å². The molecule has 4 nitrogen and oxygen atoms in total. The third-order valence-corrected chi connectivity index (χ3v) is 3.69. The van der Waals surface area contributed by atoms with Crippen LogP contribution in [0, 0.1) is 0 Å². The number of methoxy groups -OCH3 is 1. The van der Waals surface area contributed by atoms with Crippen molar-refractivity contribution in [2.45, 2.75) is 13.0 Å². The topological polar surface area (TPSA) is 58.1 Å². The van der Waals surface area contributed by atoms with Gasteiger partial charge in [-0.3, -0.25) is 0 Å². The first-order valence-electron chi connectivity index (χ1n) is 6.60. The first-order chi connectivity index (χ1) is 10.1. The lowest BCUT2D eigenvalue weighted by atomic mass is 10.0. The first-order valence-corrected chi connectivity index (χ1v) is 6.98. The molecule has 0 unspecified atom stereocenters. The summed E-state index contributed by atoms with van der Waals surface area (Å²) in [4.78, 5) is 7.46. The molecule has 0 spiro atoms. The average Bonchev–Trinajstić information content (AvgIpc) is 2.90. The molecule has 21 heavy (non-hydrogen) atoms. The van der Waals surface area contributed by atoms with Crippen molar-refractivity contribution in [2.75, 3.05) is 7.11 Å². The summed E-state index contributed by atoms with van der Waals surface area (Å²) < 4.78 is 5.39. The monoisotopic (exact) mass is 302 g/mol. The molecule has 1 aromatic heterocycles. The number of ether oxygens (including phenoxy) is 1. The number of hydrogen-bond donors (Lipinski definition) is 2. The standard InChI is InChI=1S/C16H15ClN2O2/c1-9(20)16-18-12-7-6-10(8-13(12)19-16)15-11(17)4-3-5-14(15)21-2/h3-9,20H,1-2H3,(H,18,19)/t9-/m0/s1.